The molecule has 5 aliphatic heterocycles. The Labute approximate surface area is 359 Å². The number of carbonyl (C=O) groups is 5. The number of hydrogen-bond acceptors (Lipinski definition) is 9. The van der Waals surface area contributed by atoms with Gasteiger partial charge in [0, 0.05) is 93.5 Å². The summed E-state index contributed by atoms with van der Waals surface area (Å²) in [6, 6.07) is 20.2. The van der Waals surface area contributed by atoms with Crippen LogP contribution in [0.25, 0.3) is 33.3 Å². The first-order valence-electron chi connectivity index (χ1n) is 21.8. The number of benzene rings is 3. The zero-order valence-electron chi connectivity index (χ0n) is 35.0. The van der Waals surface area contributed by atoms with Gasteiger partial charge in [0.2, 0.25) is 23.6 Å². The Morgan fingerprint density at radius 1 is 0.855 bits per heavy atom. The number of rotatable bonds is 6. The highest BCUT2D eigenvalue weighted by Crippen LogP contribution is 2.38. The van der Waals surface area contributed by atoms with E-state index < -0.39 is 11.9 Å². The van der Waals surface area contributed by atoms with Crippen molar-refractivity contribution in [2.75, 3.05) is 32.8 Å². The van der Waals surface area contributed by atoms with E-state index in [4.69, 9.17) is 14.7 Å². The van der Waals surface area contributed by atoms with Crippen LogP contribution in [0.5, 0.6) is 5.75 Å². The molecule has 1 unspecified atom stereocenters. The smallest absolute Gasteiger partial charge is 0.255 e. The average Bonchev–Trinajstić information content (AvgIpc) is 3.85. The van der Waals surface area contributed by atoms with Crippen molar-refractivity contribution in [3.63, 3.8) is 0 Å². The van der Waals surface area contributed by atoms with E-state index in [2.05, 4.69) is 34.1 Å². The molecule has 0 radical (unpaired) electrons. The quantitative estimate of drug-likeness (QED) is 0.203. The predicted octanol–water partition coefficient (Wildman–Crippen LogP) is 5.73. The van der Waals surface area contributed by atoms with Gasteiger partial charge in [-0.3, -0.25) is 34.3 Å². The minimum atomic E-state index is -0.631. The molecular formula is C48H51N7O7. The molecule has 5 amide bonds. The minimum absolute atomic E-state index is 0.0918. The maximum absolute atomic E-state index is 12.8. The largest absolute Gasteiger partial charge is 0.508 e. The predicted molar refractivity (Wildman–Crippen MR) is 231 cm³/mol. The molecule has 2 N–H and O–H groups in total. The number of pyridine rings is 1. The van der Waals surface area contributed by atoms with E-state index in [1.807, 2.05) is 34.2 Å². The first kappa shape index (κ1) is 41.0. The number of nitrogens with one attached hydrogen (secondary N) is 1. The highest BCUT2D eigenvalue weighted by Gasteiger charge is 2.40. The molecule has 2 aromatic heterocycles. The molecule has 1 atom stereocenters. The Morgan fingerprint density at radius 3 is 2.37 bits per heavy atom. The second-order valence-electron chi connectivity index (χ2n) is 16.8. The van der Waals surface area contributed by atoms with Gasteiger partial charge >= 0.3 is 0 Å². The van der Waals surface area contributed by atoms with Gasteiger partial charge in [-0.25, -0.2) is 4.98 Å². The highest BCUT2D eigenvalue weighted by molar-refractivity contribution is 6.05. The maximum atomic E-state index is 12.8. The van der Waals surface area contributed by atoms with Crippen LogP contribution in [0.1, 0.15) is 90.8 Å². The highest BCUT2D eigenvalue weighted by atomic mass is 16.5. The van der Waals surface area contributed by atoms with Gasteiger partial charge < -0.3 is 29.1 Å². The Balaban J connectivity index is 0.000000164. The maximum Gasteiger partial charge on any atom is 0.255 e. The first-order chi connectivity index (χ1) is 30.1. The fourth-order valence-corrected chi connectivity index (χ4v) is 9.55. The molecule has 14 nitrogen and oxygen atoms in total. The van der Waals surface area contributed by atoms with E-state index in [1.165, 1.54) is 11.3 Å². The number of phenols is 1. The van der Waals surface area contributed by atoms with Gasteiger partial charge in [0.1, 0.15) is 17.6 Å². The number of nitrogens with zero attached hydrogens (tertiary/aromatic N) is 6. The number of amides is 5. The minimum Gasteiger partial charge on any atom is -0.508 e. The second kappa shape index (κ2) is 17.5. The number of likely N-dealkylation sites (tertiary alicyclic amines) is 1. The van der Waals surface area contributed by atoms with Crippen LogP contribution < -0.4 is 5.32 Å². The number of aromatic nitrogens is 3. The molecule has 0 saturated carbocycles. The summed E-state index contributed by atoms with van der Waals surface area (Å²) in [5, 5.41) is 14.0. The summed E-state index contributed by atoms with van der Waals surface area (Å²) < 4.78 is 7.95. The zero-order chi connectivity index (χ0) is 42.9. The Bertz CT molecular complexity index is 2560. The lowest BCUT2D eigenvalue weighted by Gasteiger charge is -2.30. The summed E-state index contributed by atoms with van der Waals surface area (Å²) in [7, 11) is 0. The van der Waals surface area contributed by atoms with Crippen molar-refractivity contribution in [1.82, 2.24) is 34.6 Å². The van der Waals surface area contributed by atoms with Crippen LogP contribution in [0, 0.1) is 0 Å². The number of piperidine rings is 2. The average molecular weight is 838 g/mol. The number of phenolic OH excluding ortho intramolecular Hbond substituents is 1. The molecule has 3 fully saturated rings. The number of ether oxygens (including phenoxy) is 1. The van der Waals surface area contributed by atoms with Crippen molar-refractivity contribution in [3.05, 3.63) is 101 Å². The Morgan fingerprint density at radius 2 is 1.61 bits per heavy atom. The third-order valence-electron chi connectivity index (χ3n) is 13.0. The topological polar surface area (TPSA) is 167 Å². The molecule has 14 heteroatoms. The lowest BCUT2D eigenvalue weighted by Crippen LogP contribution is -2.52. The molecule has 0 aliphatic carbocycles. The zero-order valence-corrected chi connectivity index (χ0v) is 35.0. The molecular weight excluding hydrogens is 787 g/mol. The lowest BCUT2D eigenvalue weighted by atomic mass is 9.99. The summed E-state index contributed by atoms with van der Waals surface area (Å²) in [4.78, 5) is 76.6. The fourth-order valence-electron chi connectivity index (χ4n) is 9.55. The molecule has 3 saturated heterocycles. The van der Waals surface area contributed by atoms with Crippen LogP contribution in [0.3, 0.4) is 0 Å². The molecule has 5 aliphatic rings. The summed E-state index contributed by atoms with van der Waals surface area (Å²) in [6.45, 7) is 7.12. The van der Waals surface area contributed by atoms with Crippen molar-refractivity contribution in [3.8, 4) is 28.3 Å². The number of imidazole rings is 1. The van der Waals surface area contributed by atoms with Crippen LogP contribution in [0.4, 0.5) is 0 Å². The lowest BCUT2D eigenvalue weighted by molar-refractivity contribution is -0.137. The van der Waals surface area contributed by atoms with Gasteiger partial charge in [-0.05, 0) is 91.4 Å². The number of carbonyl (C=O) groups excluding carboxylic acids is 5. The van der Waals surface area contributed by atoms with Crippen LogP contribution in [-0.4, -0.2) is 103 Å². The summed E-state index contributed by atoms with van der Waals surface area (Å²) >= 11 is 0. The van der Waals surface area contributed by atoms with E-state index >= 15 is 0 Å². The number of aromatic hydroxyl groups is 1. The molecule has 5 aromatic rings. The van der Waals surface area contributed by atoms with E-state index in [1.54, 1.807) is 31.2 Å². The number of hydrogen-bond donors (Lipinski definition) is 2. The van der Waals surface area contributed by atoms with Gasteiger partial charge in [0.15, 0.2) is 0 Å². The van der Waals surface area contributed by atoms with E-state index in [0.29, 0.717) is 37.5 Å². The van der Waals surface area contributed by atoms with Crippen LogP contribution >= 0.6 is 0 Å². The number of fused-ring (bicyclic) bond motifs is 3. The Hall–Kier alpha value is -6.41. The van der Waals surface area contributed by atoms with Crippen molar-refractivity contribution in [2.45, 2.75) is 89.9 Å². The monoisotopic (exact) mass is 837 g/mol. The summed E-state index contributed by atoms with van der Waals surface area (Å²) in [6.07, 6.45) is 7.96. The van der Waals surface area contributed by atoms with Crippen molar-refractivity contribution in [1.29, 1.82) is 0 Å². The summed E-state index contributed by atoms with van der Waals surface area (Å²) in [5.74, 6) is 0.991. The molecule has 7 heterocycles. The Kier molecular flexibility index (Phi) is 11.6. The normalized spacial score (nSPS) is 19.1. The SMILES string of the molecule is CC(=O)N1CCn2c(C3CCOCC3)nc(-c3cccc4cc(-c5ccc(O)cc5)ncc34)c2C1.O=C1CCC(N2Cc3c(CC(=O)N4CCCCC4)cccc3C2=O)C(=O)N1. The molecule has 0 spiro atoms. The van der Waals surface area contributed by atoms with Crippen molar-refractivity contribution >= 4 is 40.3 Å². The van der Waals surface area contributed by atoms with Crippen LogP contribution in [0.15, 0.2) is 72.9 Å². The third-order valence-corrected chi connectivity index (χ3v) is 13.0. The molecule has 10 rings (SSSR count). The molecule has 62 heavy (non-hydrogen) atoms. The summed E-state index contributed by atoms with van der Waals surface area (Å²) in [5.41, 5.74) is 7.14. The van der Waals surface area contributed by atoms with Crippen LogP contribution in [0.2, 0.25) is 0 Å². The van der Waals surface area contributed by atoms with E-state index in [9.17, 15) is 29.1 Å². The number of imide groups is 1. The molecule has 320 valence electrons. The second-order valence-corrected chi connectivity index (χ2v) is 16.8. The van der Waals surface area contributed by atoms with Crippen molar-refractivity contribution < 1.29 is 33.8 Å². The molecule has 0 bridgehead atoms. The van der Waals surface area contributed by atoms with Crippen molar-refractivity contribution in [2.24, 2.45) is 0 Å². The van der Waals surface area contributed by atoms with Crippen LogP contribution in [-0.2, 0) is 50.0 Å². The fraction of sp³-hybridized carbons (Fsp3) is 0.396. The third kappa shape index (κ3) is 8.18. The van der Waals surface area contributed by atoms with E-state index in [-0.39, 0.29) is 42.2 Å². The van der Waals surface area contributed by atoms with Gasteiger partial charge in [0.25, 0.3) is 5.91 Å². The molecule has 3 aromatic carbocycles. The van der Waals surface area contributed by atoms with Gasteiger partial charge in [-0.2, -0.15) is 0 Å². The standard InChI is InChI=1S/C28H28N4O3.C20H23N3O4/c1-18(33)31-11-12-32-26(17-31)27(30-28(32)20-9-13-35-14-10-20)23-4-2-3-21-15-25(29-16-24(21)23)19-5-7-22(34)8-6-19;24-17-8-7-16(19(26)21-17)23-12-15-13(5-4-6-14(15)20(23)27)11-18(25)22-9-2-1-3-10-22/h2-8,15-16,20,34H,9-14,17H2,1H3;4-6,16H,1-3,7-12H2,(H,21,24,26). The van der Waals surface area contributed by atoms with Gasteiger partial charge in [0.05, 0.1) is 30.0 Å². The van der Waals surface area contributed by atoms with Gasteiger partial charge in [-0.15, -0.1) is 0 Å². The first-order valence-corrected chi connectivity index (χ1v) is 21.8. The van der Waals surface area contributed by atoms with E-state index in [0.717, 1.165) is 114 Å². The van der Waals surface area contributed by atoms with Gasteiger partial charge in [-0.1, -0.05) is 30.3 Å².